The molecule has 1 N–H and O–H groups in total. The molecule has 1 aliphatic carbocycles. The number of hydrogen-bond donors (Lipinski definition) is 1. The molecular weight excluding hydrogens is 450 g/mol. The zero-order chi connectivity index (χ0) is 24.9. The first-order chi connectivity index (χ1) is 16.9. The van der Waals surface area contributed by atoms with Crippen molar-refractivity contribution in [2.75, 3.05) is 18.5 Å². The number of nitrogens with one attached hydrogen (secondary N) is 1. The summed E-state index contributed by atoms with van der Waals surface area (Å²) < 4.78 is 16.1. The van der Waals surface area contributed by atoms with Crippen molar-refractivity contribution >= 4 is 29.1 Å². The number of fused-ring (bicyclic) bond motifs is 2. The average Bonchev–Trinajstić information content (AvgIpc) is 2.87. The van der Waals surface area contributed by atoms with Crippen LogP contribution < -0.4 is 14.8 Å². The summed E-state index contributed by atoms with van der Waals surface area (Å²) in [4.78, 5) is 50.4. The molecule has 8 heteroatoms. The van der Waals surface area contributed by atoms with Gasteiger partial charge in [-0.1, -0.05) is 36.4 Å². The zero-order valence-corrected chi connectivity index (χ0v) is 19.2. The number of ether oxygens (including phenoxy) is 3. The van der Waals surface area contributed by atoms with Crippen LogP contribution in [0.1, 0.15) is 45.7 Å². The minimum absolute atomic E-state index is 0.206. The van der Waals surface area contributed by atoms with Crippen LogP contribution in [0.2, 0.25) is 0 Å². The summed E-state index contributed by atoms with van der Waals surface area (Å²) in [5.41, 5.74) is 1.46. The Bertz CT molecular complexity index is 1310. The van der Waals surface area contributed by atoms with Gasteiger partial charge in [0, 0.05) is 27.9 Å². The molecule has 1 aliphatic rings. The molecule has 3 aromatic carbocycles. The van der Waals surface area contributed by atoms with Crippen molar-refractivity contribution in [2.45, 2.75) is 20.0 Å². The van der Waals surface area contributed by atoms with Crippen LogP contribution in [0.25, 0.3) is 0 Å². The van der Waals surface area contributed by atoms with E-state index in [4.69, 9.17) is 14.2 Å². The minimum atomic E-state index is -1.12. The molecule has 0 bridgehead atoms. The van der Waals surface area contributed by atoms with Crippen LogP contribution in [0.3, 0.4) is 0 Å². The molecule has 35 heavy (non-hydrogen) atoms. The lowest BCUT2D eigenvalue weighted by atomic mass is 9.84. The summed E-state index contributed by atoms with van der Waals surface area (Å²) >= 11 is 0. The van der Waals surface area contributed by atoms with Gasteiger partial charge >= 0.3 is 5.97 Å². The highest BCUT2D eigenvalue weighted by atomic mass is 16.6. The number of benzene rings is 3. The molecule has 0 radical (unpaired) electrons. The van der Waals surface area contributed by atoms with Gasteiger partial charge in [0.05, 0.1) is 6.61 Å². The second-order valence-corrected chi connectivity index (χ2v) is 7.75. The van der Waals surface area contributed by atoms with Gasteiger partial charge in [-0.15, -0.1) is 0 Å². The Morgan fingerprint density at radius 1 is 0.800 bits per heavy atom. The number of rotatable bonds is 8. The standard InChI is InChI=1S/C27H23NO7/c1-3-33-22-10-6-7-11-23(22)34-15-24(29)35-16(2)27(32)28-17-12-13-20-21(14-17)26(31)19-9-5-4-8-18(19)25(20)30/h4-14,16H,3,15H2,1-2H3,(H,28,32). The molecule has 0 spiro atoms. The molecule has 8 nitrogen and oxygen atoms in total. The van der Waals surface area contributed by atoms with Crippen molar-refractivity contribution in [1.82, 2.24) is 0 Å². The molecule has 1 unspecified atom stereocenters. The highest BCUT2D eigenvalue weighted by Gasteiger charge is 2.29. The predicted molar refractivity (Wildman–Crippen MR) is 127 cm³/mol. The molecule has 3 aromatic rings. The molecule has 0 heterocycles. The third-order valence-electron chi connectivity index (χ3n) is 5.36. The Morgan fingerprint density at radius 3 is 2.03 bits per heavy atom. The Kier molecular flexibility index (Phi) is 6.91. The quantitative estimate of drug-likeness (QED) is 0.388. The van der Waals surface area contributed by atoms with Gasteiger partial charge in [-0.3, -0.25) is 14.4 Å². The highest BCUT2D eigenvalue weighted by Crippen LogP contribution is 2.29. The van der Waals surface area contributed by atoms with Crippen molar-refractivity contribution in [3.8, 4) is 11.5 Å². The lowest BCUT2D eigenvalue weighted by molar-refractivity contribution is -0.155. The van der Waals surface area contributed by atoms with E-state index in [1.165, 1.54) is 25.1 Å². The van der Waals surface area contributed by atoms with Crippen LogP contribution in [-0.4, -0.2) is 42.8 Å². The fourth-order valence-corrected chi connectivity index (χ4v) is 3.69. The van der Waals surface area contributed by atoms with Gasteiger partial charge in [-0.05, 0) is 44.2 Å². The molecule has 0 aromatic heterocycles. The Labute approximate surface area is 201 Å². The van der Waals surface area contributed by atoms with E-state index >= 15 is 0 Å². The number of amides is 1. The molecular formula is C27H23NO7. The summed E-state index contributed by atoms with van der Waals surface area (Å²) in [6, 6.07) is 18.0. The Balaban J connectivity index is 1.37. The van der Waals surface area contributed by atoms with Crippen molar-refractivity contribution in [3.05, 3.63) is 89.0 Å². The number of carbonyl (C=O) groups is 4. The maximum absolute atomic E-state index is 12.9. The van der Waals surface area contributed by atoms with Crippen LogP contribution in [0.4, 0.5) is 5.69 Å². The molecule has 4 rings (SSSR count). The fourth-order valence-electron chi connectivity index (χ4n) is 3.69. The van der Waals surface area contributed by atoms with Crippen LogP contribution in [0.5, 0.6) is 11.5 Å². The lowest BCUT2D eigenvalue weighted by Gasteiger charge is -2.19. The minimum Gasteiger partial charge on any atom is -0.490 e. The molecule has 0 saturated carbocycles. The van der Waals surface area contributed by atoms with Gasteiger partial charge in [-0.25, -0.2) is 4.79 Å². The van der Waals surface area contributed by atoms with Gasteiger partial charge in [0.1, 0.15) is 0 Å². The second-order valence-electron chi connectivity index (χ2n) is 7.75. The van der Waals surface area contributed by atoms with Gasteiger partial charge < -0.3 is 19.5 Å². The first-order valence-electron chi connectivity index (χ1n) is 11.1. The summed E-state index contributed by atoms with van der Waals surface area (Å²) in [5, 5.41) is 2.62. The molecule has 0 aliphatic heterocycles. The van der Waals surface area contributed by atoms with Crippen LogP contribution in [0.15, 0.2) is 66.7 Å². The van der Waals surface area contributed by atoms with Crippen LogP contribution in [-0.2, 0) is 14.3 Å². The Hall–Kier alpha value is -4.46. The SMILES string of the molecule is CCOc1ccccc1OCC(=O)OC(C)C(=O)Nc1ccc2c(c1)C(=O)c1ccccc1C2=O. The van der Waals surface area contributed by atoms with Crippen LogP contribution >= 0.6 is 0 Å². The average molecular weight is 473 g/mol. The highest BCUT2D eigenvalue weighted by molar-refractivity contribution is 6.28. The molecule has 1 atom stereocenters. The van der Waals surface area contributed by atoms with E-state index in [0.717, 1.165) is 0 Å². The monoisotopic (exact) mass is 473 g/mol. The van der Waals surface area contributed by atoms with Crippen molar-refractivity contribution < 1.29 is 33.4 Å². The zero-order valence-electron chi connectivity index (χ0n) is 19.2. The molecule has 178 valence electrons. The number of esters is 1. The fraction of sp³-hybridized carbons (Fsp3) is 0.185. The Morgan fingerprint density at radius 2 is 1.37 bits per heavy atom. The number of para-hydroxylation sites is 2. The van der Waals surface area contributed by atoms with Crippen molar-refractivity contribution in [1.29, 1.82) is 0 Å². The van der Waals surface area contributed by atoms with Crippen molar-refractivity contribution in [3.63, 3.8) is 0 Å². The summed E-state index contributed by atoms with van der Waals surface area (Å²) in [6.45, 7) is 3.29. The molecule has 1 amide bonds. The molecule has 0 saturated heterocycles. The van der Waals surface area contributed by atoms with Crippen LogP contribution in [0, 0.1) is 0 Å². The predicted octanol–water partition coefficient (Wildman–Crippen LogP) is 3.81. The number of ketones is 2. The van der Waals surface area contributed by atoms with Gasteiger partial charge in [-0.2, -0.15) is 0 Å². The second kappa shape index (κ2) is 10.2. The number of carbonyl (C=O) groups excluding carboxylic acids is 4. The largest absolute Gasteiger partial charge is 0.490 e. The normalized spacial score (nSPS) is 12.7. The topological polar surface area (TPSA) is 108 Å². The number of hydrogen-bond acceptors (Lipinski definition) is 7. The van der Waals surface area contributed by atoms with E-state index in [9.17, 15) is 19.2 Å². The van der Waals surface area contributed by atoms with Gasteiger partial charge in [0.2, 0.25) is 0 Å². The van der Waals surface area contributed by atoms with Gasteiger partial charge in [0.25, 0.3) is 5.91 Å². The maximum Gasteiger partial charge on any atom is 0.344 e. The molecule has 0 fully saturated rings. The summed E-state index contributed by atoms with van der Waals surface area (Å²) in [5.74, 6) is -0.990. The number of anilines is 1. The van der Waals surface area contributed by atoms with E-state index in [0.29, 0.717) is 34.9 Å². The van der Waals surface area contributed by atoms with Gasteiger partial charge in [0.15, 0.2) is 35.8 Å². The van der Waals surface area contributed by atoms with E-state index in [2.05, 4.69) is 5.32 Å². The van der Waals surface area contributed by atoms with E-state index in [1.54, 1.807) is 48.5 Å². The summed E-state index contributed by atoms with van der Waals surface area (Å²) in [6.07, 6.45) is -1.12. The van der Waals surface area contributed by atoms with E-state index < -0.39 is 24.6 Å². The lowest BCUT2D eigenvalue weighted by Crippen LogP contribution is -2.32. The first kappa shape index (κ1) is 23.7. The smallest absolute Gasteiger partial charge is 0.344 e. The third kappa shape index (κ3) is 5.06. The summed E-state index contributed by atoms with van der Waals surface area (Å²) in [7, 11) is 0. The van der Waals surface area contributed by atoms with E-state index in [-0.39, 0.29) is 22.7 Å². The van der Waals surface area contributed by atoms with E-state index in [1.807, 2.05) is 6.92 Å². The first-order valence-corrected chi connectivity index (χ1v) is 11.1. The van der Waals surface area contributed by atoms with Crippen molar-refractivity contribution in [2.24, 2.45) is 0 Å². The maximum atomic E-state index is 12.9. The third-order valence-corrected chi connectivity index (χ3v) is 5.36.